The Morgan fingerprint density at radius 2 is 1.95 bits per heavy atom. The Kier molecular flexibility index (Phi) is 6.73. The van der Waals surface area contributed by atoms with Crippen molar-refractivity contribution in [2.24, 2.45) is 12.8 Å². The maximum absolute atomic E-state index is 13.5. The largest absolute Gasteiger partial charge is 0.416 e. The number of terminal acetylenes is 1. The third kappa shape index (κ3) is 4.76. The monoisotopic (exact) mass is 512 g/mol. The van der Waals surface area contributed by atoms with Gasteiger partial charge in [0, 0.05) is 38.2 Å². The number of nitrogens with zero attached hydrogens (tertiary/aromatic N) is 4. The van der Waals surface area contributed by atoms with Gasteiger partial charge < -0.3 is 16.0 Å². The van der Waals surface area contributed by atoms with Crippen molar-refractivity contribution in [3.8, 4) is 12.3 Å². The second kappa shape index (κ2) is 9.52. The fourth-order valence-electron chi connectivity index (χ4n) is 4.85. The van der Waals surface area contributed by atoms with E-state index in [1.54, 1.807) is 18.0 Å². The number of likely N-dealkylation sites (tertiary alicyclic amines) is 1. The number of rotatable bonds is 4. The van der Waals surface area contributed by atoms with E-state index in [0.29, 0.717) is 42.5 Å². The van der Waals surface area contributed by atoms with Crippen molar-refractivity contribution in [3.05, 3.63) is 63.2 Å². The predicted octanol–water partition coefficient (Wildman–Crippen LogP) is 3.24. The number of nitrogens with two attached hydrogens (primary N) is 1. The minimum atomic E-state index is -4.53. The second-order valence-electron chi connectivity index (χ2n) is 9.31. The number of hydrogen-bond acceptors (Lipinski definition) is 6. The van der Waals surface area contributed by atoms with Crippen LogP contribution < -0.4 is 16.6 Å². The van der Waals surface area contributed by atoms with E-state index >= 15 is 0 Å². The molecule has 0 spiro atoms. The maximum Gasteiger partial charge on any atom is 0.416 e. The lowest BCUT2D eigenvalue weighted by atomic mass is 9.82. The number of aromatic nitrogens is 3. The molecule has 1 aromatic carbocycles. The number of nitrogens with one attached hydrogen (secondary N) is 1. The molecule has 0 aliphatic carbocycles. The molecular weight excluding hydrogens is 485 g/mol. The van der Waals surface area contributed by atoms with Gasteiger partial charge in [-0.3, -0.25) is 14.2 Å². The molecule has 0 unspecified atom stereocenters. The number of pyridine rings is 1. The molecule has 3 heterocycles. The Labute approximate surface area is 211 Å². The van der Waals surface area contributed by atoms with Gasteiger partial charge in [-0.05, 0) is 43.0 Å². The zero-order valence-electron chi connectivity index (χ0n) is 20.7. The van der Waals surface area contributed by atoms with Crippen LogP contribution in [0.15, 0.2) is 35.4 Å². The van der Waals surface area contributed by atoms with Crippen LogP contribution in [0.4, 0.5) is 19.0 Å². The molecule has 11 heteroatoms. The quantitative estimate of drug-likeness (QED) is 0.520. The summed E-state index contributed by atoms with van der Waals surface area (Å²) in [6.07, 6.45) is 3.24. The highest BCUT2D eigenvalue weighted by atomic mass is 19.4. The lowest BCUT2D eigenvalue weighted by Crippen LogP contribution is -2.52. The lowest BCUT2D eigenvalue weighted by molar-refractivity contribution is -0.138. The van der Waals surface area contributed by atoms with Gasteiger partial charge in [-0.15, -0.1) is 6.42 Å². The molecular formula is C26H27F3N6O2. The summed E-state index contributed by atoms with van der Waals surface area (Å²) in [5.41, 5.74) is 5.57. The summed E-state index contributed by atoms with van der Waals surface area (Å²) in [6, 6.07) is 4.53. The van der Waals surface area contributed by atoms with Gasteiger partial charge in [0.2, 0.25) is 5.91 Å². The van der Waals surface area contributed by atoms with Crippen LogP contribution in [0.1, 0.15) is 48.1 Å². The van der Waals surface area contributed by atoms with Gasteiger partial charge in [0.1, 0.15) is 23.8 Å². The molecule has 0 radical (unpaired) electrons. The smallest absolute Gasteiger partial charge is 0.352 e. The minimum absolute atomic E-state index is 0.00930. The summed E-state index contributed by atoms with van der Waals surface area (Å²) in [4.78, 5) is 35.2. The van der Waals surface area contributed by atoms with Crippen molar-refractivity contribution in [3.63, 3.8) is 0 Å². The van der Waals surface area contributed by atoms with Gasteiger partial charge in [-0.25, -0.2) is 9.97 Å². The van der Waals surface area contributed by atoms with Crippen LogP contribution in [0, 0.1) is 19.3 Å². The molecule has 2 aromatic heterocycles. The van der Waals surface area contributed by atoms with Gasteiger partial charge in [-0.2, -0.15) is 13.2 Å². The van der Waals surface area contributed by atoms with Gasteiger partial charge in [0.25, 0.3) is 5.56 Å². The zero-order chi connectivity index (χ0) is 27.1. The highest BCUT2D eigenvalue weighted by Crippen LogP contribution is 2.36. The van der Waals surface area contributed by atoms with Crippen LogP contribution in [0.3, 0.4) is 0 Å². The van der Waals surface area contributed by atoms with Crippen LogP contribution in [-0.2, 0) is 23.6 Å². The number of halogens is 3. The second-order valence-corrected chi connectivity index (χ2v) is 9.31. The third-order valence-corrected chi connectivity index (χ3v) is 7.08. The van der Waals surface area contributed by atoms with E-state index in [9.17, 15) is 22.8 Å². The third-order valence-electron chi connectivity index (χ3n) is 7.08. The number of amides is 1. The van der Waals surface area contributed by atoms with Gasteiger partial charge >= 0.3 is 6.18 Å². The molecule has 4 rings (SSSR count). The van der Waals surface area contributed by atoms with Crippen molar-refractivity contribution < 1.29 is 18.0 Å². The normalized spacial score (nSPS) is 16.3. The highest BCUT2D eigenvalue weighted by Gasteiger charge is 2.37. The van der Waals surface area contributed by atoms with Crippen molar-refractivity contribution in [1.82, 2.24) is 19.4 Å². The molecule has 8 nitrogen and oxygen atoms in total. The van der Waals surface area contributed by atoms with E-state index in [1.165, 1.54) is 36.9 Å². The van der Waals surface area contributed by atoms with Crippen molar-refractivity contribution >= 4 is 22.8 Å². The molecule has 3 aromatic rings. The van der Waals surface area contributed by atoms with Crippen LogP contribution in [0.2, 0.25) is 0 Å². The Hall–Kier alpha value is -3.91. The first kappa shape index (κ1) is 26.2. The number of carbonyl (C=O) groups excluding carboxylic acids is 1. The molecule has 1 atom stereocenters. The molecule has 1 saturated heterocycles. The fraction of sp³-hybridized carbons (Fsp3) is 0.385. The molecule has 0 bridgehead atoms. The van der Waals surface area contributed by atoms with Crippen molar-refractivity contribution in [2.75, 3.05) is 18.4 Å². The Bertz CT molecular complexity index is 1470. The molecule has 194 valence electrons. The fourth-order valence-corrected chi connectivity index (χ4v) is 4.85. The summed E-state index contributed by atoms with van der Waals surface area (Å²) < 4.78 is 41.8. The van der Waals surface area contributed by atoms with E-state index in [2.05, 4.69) is 21.2 Å². The number of aryl methyl sites for hydroxylation is 1. The van der Waals surface area contributed by atoms with E-state index in [0.717, 1.165) is 6.07 Å². The highest BCUT2D eigenvalue weighted by molar-refractivity contribution is 5.87. The van der Waals surface area contributed by atoms with E-state index < -0.39 is 23.3 Å². The predicted molar refractivity (Wildman–Crippen MR) is 134 cm³/mol. The summed E-state index contributed by atoms with van der Waals surface area (Å²) in [6.45, 7) is 3.69. The van der Waals surface area contributed by atoms with Crippen molar-refractivity contribution in [1.29, 1.82) is 0 Å². The average molecular weight is 513 g/mol. The molecule has 37 heavy (non-hydrogen) atoms. The first-order valence-electron chi connectivity index (χ1n) is 11.7. The summed E-state index contributed by atoms with van der Waals surface area (Å²) in [5.74, 6) is 2.71. The molecule has 1 amide bonds. The summed E-state index contributed by atoms with van der Waals surface area (Å²) in [7, 11) is 1.56. The number of hydrogen-bond donors (Lipinski definition) is 2. The molecule has 0 saturated carbocycles. The Morgan fingerprint density at radius 3 is 2.54 bits per heavy atom. The number of alkyl halides is 3. The topological polar surface area (TPSA) is 106 Å². The van der Waals surface area contributed by atoms with E-state index in [4.69, 9.17) is 12.2 Å². The number of piperidine rings is 1. The van der Waals surface area contributed by atoms with E-state index in [-0.39, 0.29) is 28.4 Å². The average Bonchev–Trinajstić information content (AvgIpc) is 2.84. The Morgan fingerprint density at radius 1 is 1.27 bits per heavy atom. The van der Waals surface area contributed by atoms with E-state index in [1.807, 2.05) is 0 Å². The molecule has 3 N–H and O–H groups in total. The van der Waals surface area contributed by atoms with Crippen molar-refractivity contribution in [2.45, 2.75) is 44.4 Å². The standard InChI is InChI=1S/C26H27F3N6O2/c1-5-21(17-7-6-8-19(15(17)2)26(27,28)29)33-22-18-13-20(24(37)34(4)23(18)32-14-31-22)25(30)9-11-35(12-10-25)16(3)36/h1,6-8,13-14,21H,9-12,30H2,2-4H3,(H,31,32,33)/t21-/m1/s1. The van der Waals surface area contributed by atoms with Gasteiger partial charge in [-0.1, -0.05) is 18.1 Å². The minimum Gasteiger partial charge on any atom is -0.352 e. The summed E-state index contributed by atoms with van der Waals surface area (Å²) in [5, 5.41) is 3.50. The van der Waals surface area contributed by atoms with Crippen LogP contribution >= 0.6 is 0 Å². The van der Waals surface area contributed by atoms with Crippen LogP contribution in [0.5, 0.6) is 0 Å². The van der Waals surface area contributed by atoms with Gasteiger partial charge in [0.05, 0.1) is 10.9 Å². The summed E-state index contributed by atoms with van der Waals surface area (Å²) >= 11 is 0. The first-order chi connectivity index (χ1) is 17.4. The number of carbonyl (C=O) groups is 1. The first-order valence-corrected chi connectivity index (χ1v) is 11.7. The van der Waals surface area contributed by atoms with Crippen LogP contribution in [0.25, 0.3) is 11.0 Å². The lowest BCUT2D eigenvalue weighted by Gasteiger charge is -2.39. The zero-order valence-corrected chi connectivity index (χ0v) is 20.7. The molecule has 1 aliphatic rings. The molecule has 1 aliphatic heterocycles. The maximum atomic E-state index is 13.5. The number of fused-ring (bicyclic) bond motifs is 1. The van der Waals surface area contributed by atoms with Gasteiger partial charge in [0.15, 0.2) is 0 Å². The Balaban J connectivity index is 1.78. The van der Waals surface area contributed by atoms with Crippen LogP contribution in [-0.4, -0.2) is 38.4 Å². The number of benzene rings is 1. The number of anilines is 1. The SMILES string of the molecule is C#C[C@@H](Nc1ncnc2c1cc(C1(N)CCN(C(C)=O)CC1)c(=O)n2C)c1cccc(C(F)(F)F)c1C. The molecule has 1 fully saturated rings.